The van der Waals surface area contributed by atoms with Crippen molar-refractivity contribution >= 4 is 29.8 Å². The summed E-state index contributed by atoms with van der Waals surface area (Å²) in [6, 6.07) is 11.1. The topological polar surface area (TPSA) is 78.9 Å². The van der Waals surface area contributed by atoms with Crippen molar-refractivity contribution in [1.29, 1.82) is 0 Å². The molecule has 0 unspecified atom stereocenters. The molecule has 1 saturated heterocycles. The molecule has 1 aliphatic heterocycles. The molecule has 0 radical (unpaired) electrons. The maximum Gasteiger partial charge on any atom is 0.251 e. The Morgan fingerprint density at radius 2 is 2.09 bits per heavy atom. The van der Waals surface area contributed by atoms with Crippen LogP contribution in [0.3, 0.4) is 0 Å². The second kappa shape index (κ2) is 7.89. The Balaban J connectivity index is 0.00000192. The Morgan fingerprint density at radius 3 is 2.74 bits per heavy atom. The number of hydrogen-bond acceptors (Lipinski definition) is 5. The fourth-order valence-corrected chi connectivity index (χ4v) is 2.18. The van der Waals surface area contributed by atoms with E-state index in [4.69, 9.17) is 0 Å². The van der Waals surface area contributed by atoms with Crippen molar-refractivity contribution in [3.8, 4) is 0 Å². The predicted octanol–water partition coefficient (Wildman–Crippen LogP) is 1.90. The Bertz CT molecular complexity index is 658. The van der Waals surface area contributed by atoms with E-state index in [9.17, 15) is 4.79 Å². The molecule has 2 aromatic rings. The highest BCUT2D eigenvalue weighted by Crippen LogP contribution is 2.15. The summed E-state index contributed by atoms with van der Waals surface area (Å²) in [6.45, 7) is 4.56. The quantitative estimate of drug-likeness (QED) is 0.779. The van der Waals surface area contributed by atoms with Crippen LogP contribution in [0.25, 0.3) is 0 Å². The van der Waals surface area contributed by atoms with Crippen molar-refractivity contribution in [1.82, 2.24) is 20.8 Å². The van der Waals surface area contributed by atoms with E-state index in [1.807, 2.05) is 37.3 Å². The first-order valence-corrected chi connectivity index (χ1v) is 7.37. The number of anilines is 2. The van der Waals surface area contributed by atoms with E-state index in [0.717, 1.165) is 24.5 Å². The van der Waals surface area contributed by atoms with Gasteiger partial charge in [-0.15, -0.1) is 17.5 Å². The van der Waals surface area contributed by atoms with Crippen LogP contribution in [-0.2, 0) is 0 Å². The molecule has 7 heteroatoms. The zero-order valence-corrected chi connectivity index (χ0v) is 13.7. The standard InChI is InChI=1S/C16H19N5O.ClH/c1-11-5-6-15(21-20-11)19-14-4-2-3-13(7-14)16(22)18-10-12-8-17-9-12;/h2-7,12,17H,8-10H2,1H3,(H,18,22)(H,19,21);1H. The molecular formula is C16H20ClN5O. The fraction of sp³-hybridized carbons (Fsp3) is 0.312. The molecule has 0 saturated carbocycles. The first kappa shape index (κ1) is 17.2. The Kier molecular flexibility index (Phi) is 5.90. The molecule has 1 aliphatic rings. The van der Waals surface area contributed by atoms with Gasteiger partial charge in [-0.1, -0.05) is 6.07 Å². The SMILES string of the molecule is Cc1ccc(Nc2cccc(C(=O)NCC3CNC3)c2)nn1.Cl. The van der Waals surface area contributed by atoms with Crippen molar-refractivity contribution in [2.75, 3.05) is 25.0 Å². The number of rotatable bonds is 5. The molecule has 1 amide bonds. The summed E-state index contributed by atoms with van der Waals surface area (Å²) in [4.78, 5) is 12.2. The van der Waals surface area contributed by atoms with E-state index < -0.39 is 0 Å². The van der Waals surface area contributed by atoms with Crippen LogP contribution in [-0.4, -0.2) is 35.7 Å². The van der Waals surface area contributed by atoms with Gasteiger partial charge in [0.15, 0.2) is 5.82 Å². The van der Waals surface area contributed by atoms with Gasteiger partial charge in [0, 0.05) is 36.8 Å². The van der Waals surface area contributed by atoms with Crippen LogP contribution < -0.4 is 16.0 Å². The van der Waals surface area contributed by atoms with Gasteiger partial charge in [-0.2, -0.15) is 5.10 Å². The van der Waals surface area contributed by atoms with Crippen LogP contribution in [0, 0.1) is 12.8 Å². The highest BCUT2D eigenvalue weighted by atomic mass is 35.5. The van der Waals surface area contributed by atoms with Gasteiger partial charge in [-0.05, 0) is 37.3 Å². The number of amides is 1. The van der Waals surface area contributed by atoms with Gasteiger partial charge in [0.2, 0.25) is 0 Å². The molecule has 0 bridgehead atoms. The van der Waals surface area contributed by atoms with Crippen LogP contribution in [0.2, 0.25) is 0 Å². The Hall–Kier alpha value is -2.18. The summed E-state index contributed by atoms with van der Waals surface area (Å²) in [6.07, 6.45) is 0. The van der Waals surface area contributed by atoms with E-state index >= 15 is 0 Å². The van der Waals surface area contributed by atoms with Crippen LogP contribution in [0.4, 0.5) is 11.5 Å². The first-order valence-electron chi connectivity index (χ1n) is 7.37. The molecule has 6 nitrogen and oxygen atoms in total. The van der Waals surface area contributed by atoms with Gasteiger partial charge in [0.1, 0.15) is 0 Å². The zero-order chi connectivity index (χ0) is 15.4. The molecule has 1 aromatic heterocycles. The minimum absolute atomic E-state index is 0. The van der Waals surface area contributed by atoms with Crippen molar-refractivity contribution in [3.63, 3.8) is 0 Å². The number of nitrogens with one attached hydrogen (secondary N) is 3. The van der Waals surface area contributed by atoms with Gasteiger partial charge in [-0.25, -0.2) is 0 Å². The molecule has 3 rings (SSSR count). The molecule has 0 aliphatic carbocycles. The minimum atomic E-state index is -0.0504. The molecule has 23 heavy (non-hydrogen) atoms. The zero-order valence-electron chi connectivity index (χ0n) is 12.9. The molecule has 2 heterocycles. The van der Waals surface area contributed by atoms with Crippen molar-refractivity contribution in [2.45, 2.75) is 6.92 Å². The largest absolute Gasteiger partial charge is 0.352 e. The highest BCUT2D eigenvalue weighted by Gasteiger charge is 2.17. The van der Waals surface area contributed by atoms with E-state index in [1.165, 1.54) is 0 Å². The van der Waals surface area contributed by atoms with Gasteiger partial charge < -0.3 is 16.0 Å². The average molecular weight is 334 g/mol. The molecule has 0 atom stereocenters. The average Bonchev–Trinajstić information content (AvgIpc) is 2.48. The third-order valence-electron chi connectivity index (χ3n) is 3.61. The number of halogens is 1. The van der Waals surface area contributed by atoms with Crippen molar-refractivity contribution < 1.29 is 4.79 Å². The second-order valence-corrected chi connectivity index (χ2v) is 5.50. The maximum atomic E-state index is 12.2. The predicted molar refractivity (Wildman–Crippen MR) is 92.4 cm³/mol. The lowest BCUT2D eigenvalue weighted by atomic mass is 10.0. The maximum absolute atomic E-state index is 12.2. The Labute approximate surface area is 141 Å². The lowest BCUT2D eigenvalue weighted by molar-refractivity contribution is 0.0942. The minimum Gasteiger partial charge on any atom is -0.352 e. The van der Waals surface area contributed by atoms with Crippen molar-refractivity contribution in [3.05, 3.63) is 47.7 Å². The van der Waals surface area contributed by atoms with E-state index in [-0.39, 0.29) is 18.3 Å². The molecule has 1 fully saturated rings. The number of benzene rings is 1. The molecule has 122 valence electrons. The smallest absolute Gasteiger partial charge is 0.251 e. The van der Waals surface area contributed by atoms with E-state index in [1.54, 1.807) is 6.07 Å². The summed E-state index contributed by atoms with van der Waals surface area (Å²) < 4.78 is 0. The van der Waals surface area contributed by atoms with Crippen LogP contribution in [0.15, 0.2) is 36.4 Å². The summed E-state index contributed by atoms with van der Waals surface area (Å²) in [5.74, 6) is 1.15. The number of aryl methyl sites for hydroxylation is 1. The lowest BCUT2D eigenvalue weighted by Crippen LogP contribution is -2.48. The van der Waals surface area contributed by atoms with Gasteiger partial charge in [-0.3, -0.25) is 4.79 Å². The van der Waals surface area contributed by atoms with E-state index in [2.05, 4.69) is 26.1 Å². The number of aromatic nitrogens is 2. The molecule has 1 aromatic carbocycles. The van der Waals surface area contributed by atoms with Crippen LogP contribution in [0.1, 0.15) is 16.1 Å². The highest BCUT2D eigenvalue weighted by molar-refractivity contribution is 5.95. The number of hydrogen-bond donors (Lipinski definition) is 3. The third kappa shape index (κ3) is 4.64. The Morgan fingerprint density at radius 1 is 1.26 bits per heavy atom. The first-order chi connectivity index (χ1) is 10.7. The second-order valence-electron chi connectivity index (χ2n) is 5.50. The molecule has 0 spiro atoms. The van der Waals surface area contributed by atoms with Crippen LogP contribution >= 0.6 is 12.4 Å². The normalized spacial score (nSPS) is 13.6. The monoisotopic (exact) mass is 333 g/mol. The number of carbonyl (C=O) groups excluding carboxylic acids is 1. The molecule has 3 N–H and O–H groups in total. The molecular weight excluding hydrogens is 314 g/mol. The fourth-order valence-electron chi connectivity index (χ4n) is 2.18. The van der Waals surface area contributed by atoms with Crippen molar-refractivity contribution in [2.24, 2.45) is 5.92 Å². The number of carbonyl (C=O) groups is 1. The van der Waals surface area contributed by atoms with Crippen LogP contribution in [0.5, 0.6) is 0 Å². The summed E-state index contributed by atoms with van der Waals surface area (Å²) in [5.41, 5.74) is 2.32. The summed E-state index contributed by atoms with van der Waals surface area (Å²) in [5, 5.41) is 17.4. The summed E-state index contributed by atoms with van der Waals surface area (Å²) >= 11 is 0. The van der Waals surface area contributed by atoms with Gasteiger partial charge >= 0.3 is 0 Å². The van der Waals surface area contributed by atoms with E-state index in [0.29, 0.717) is 23.8 Å². The van der Waals surface area contributed by atoms with Gasteiger partial charge in [0.05, 0.1) is 5.69 Å². The third-order valence-corrected chi connectivity index (χ3v) is 3.61. The number of nitrogens with zero attached hydrogens (tertiary/aromatic N) is 2. The lowest BCUT2D eigenvalue weighted by Gasteiger charge is -2.27. The summed E-state index contributed by atoms with van der Waals surface area (Å²) in [7, 11) is 0. The van der Waals surface area contributed by atoms with Gasteiger partial charge in [0.25, 0.3) is 5.91 Å².